The van der Waals surface area contributed by atoms with E-state index >= 15 is 0 Å². The van der Waals surface area contributed by atoms with Crippen LogP contribution < -0.4 is 24.8 Å². The minimum absolute atomic E-state index is 0.134. The first-order valence-corrected chi connectivity index (χ1v) is 12.5. The highest BCUT2D eigenvalue weighted by atomic mass is 32.1. The van der Waals surface area contributed by atoms with E-state index in [2.05, 4.69) is 24.5 Å². The predicted octanol–water partition coefficient (Wildman–Crippen LogP) is 4.89. The summed E-state index contributed by atoms with van der Waals surface area (Å²) in [7, 11) is 4.58. The predicted molar refractivity (Wildman–Crippen MR) is 135 cm³/mol. The first-order chi connectivity index (χ1) is 15.9. The second kappa shape index (κ2) is 11.7. The Morgan fingerprint density at radius 2 is 1.73 bits per heavy atom. The Morgan fingerprint density at radius 1 is 1.09 bits per heavy atom. The molecule has 1 amide bonds. The fourth-order valence-electron chi connectivity index (χ4n) is 3.99. The van der Waals surface area contributed by atoms with E-state index in [4.69, 9.17) is 31.4 Å². The van der Waals surface area contributed by atoms with E-state index in [0.717, 1.165) is 23.5 Å². The summed E-state index contributed by atoms with van der Waals surface area (Å²) in [5, 5.41) is 9.38. The second-order valence-corrected chi connectivity index (χ2v) is 9.79. The molecule has 0 radical (unpaired) electrons. The second-order valence-electron chi connectivity index (χ2n) is 8.49. The molecule has 1 aromatic carbocycles. The highest BCUT2D eigenvalue weighted by Gasteiger charge is 2.25. The van der Waals surface area contributed by atoms with Gasteiger partial charge < -0.3 is 24.8 Å². The zero-order chi connectivity index (χ0) is 24.0. The third kappa shape index (κ3) is 6.14. The molecule has 0 bridgehead atoms. The minimum Gasteiger partial charge on any atom is -0.493 e. The first kappa shape index (κ1) is 25.2. The average Bonchev–Trinajstić information content (AvgIpc) is 3.31. The van der Waals surface area contributed by atoms with Crippen LogP contribution in [0.25, 0.3) is 0 Å². The van der Waals surface area contributed by atoms with Gasteiger partial charge in [-0.15, -0.1) is 11.3 Å². The van der Waals surface area contributed by atoms with Crippen molar-refractivity contribution in [1.82, 2.24) is 15.6 Å². The van der Waals surface area contributed by atoms with Crippen molar-refractivity contribution in [2.24, 2.45) is 5.92 Å². The van der Waals surface area contributed by atoms with Gasteiger partial charge in [0.1, 0.15) is 15.7 Å². The number of benzene rings is 1. The molecule has 1 aliphatic carbocycles. The summed E-state index contributed by atoms with van der Waals surface area (Å²) in [5.41, 5.74) is 1.18. The van der Waals surface area contributed by atoms with E-state index in [1.54, 1.807) is 12.1 Å². The lowest BCUT2D eigenvalue weighted by Crippen LogP contribution is -2.36. The summed E-state index contributed by atoms with van der Waals surface area (Å²) < 4.78 is 16.1. The maximum absolute atomic E-state index is 13.1. The van der Waals surface area contributed by atoms with Gasteiger partial charge >= 0.3 is 0 Å². The summed E-state index contributed by atoms with van der Waals surface area (Å²) in [5.74, 6) is 1.19. The van der Waals surface area contributed by atoms with Crippen LogP contribution in [0.2, 0.25) is 0 Å². The zero-order valence-electron chi connectivity index (χ0n) is 19.9. The molecular weight excluding hydrogens is 458 g/mol. The van der Waals surface area contributed by atoms with Crippen LogP contribution in [0.1, 0.15) is 73.1 Å². The van der Waals surface area contributed by atoms with Crippen LogP contribution in [0, 0.1) is 5.92 Å². The Bertz CT molecular complexity index is 945. The molecule has 33 heavy (non-hydrogen) atoms. The Labute approximate surface area is 205 Å². The Hall–Kier alpha value is -2.39. The average molecular weight is 492 g/mol. The Balaban J connectivity index is 1.76. The molecule has 3 rings (SSSR count). The molecule has 1 aromatic heterocycles. The molecule has 7 nitrogen and oxygen atoms in total. The van der Waals surface area contributed by atoms with Gasteiger partial charge in [0, 0.05) is 17.0 Å². The summed E-state index contributed by atoms with van der Waals surface area (Å²) in [6, 6.07) is 3.46. The van der Waals surface area contributed by atoms with Gasteiger partial charge in [0.05, 0.1) is 27.4 Å². The molecule has 2 N–H and O–H groups in total. The standard InChI is InChI=1S/C24H33N3O4S2/c1-14(2)20(24-26-17(13-33-24)23(32)25-16-9-7-6-8-10-16)27-22(28)15-11-18(29-3)21(31-5)19(12-15)30-4/h11-14,16,20H,6-10H2,1-5H3,(H,25,32)(H,27,28). The smallest absolute Gasteiger partial charge is 0.252 e. The van der Waals surface area contributed by atoms with Gasteiger partial charge in [-0.25, -0.2) is 4.98 Å². The largest absolute Gasteiger partial charge is 0.493 e. The lowest BCUT2D eigenvalue weighted by Gasteiger charge is -2.23. The summed E-state index contributed by atoms with van der Waals surface area (Å²) >= 11 is 7.13. The van der Waals surface area contributed by atoms with Crippen LogP contribution >= 0.6 is 23.6 Å². The van der Waals surface area contributed by atoms with Gasteiger partial charge in [0.25, 0.3) is 5.91 Å². The molecule has 180 valence electrons. The Morgan fingerprint density at radius 3 is 2.27 bits per heavy atom. The maximum Gasteiger partial charge on any atom is 0.252 e. The van der Waals surface area contributed by atoms with Gasteiger partial charge in [-0.1, -0.05) is 45.3 Å². The number of methoxy groups -OCH3 is 3. The number of rotatable bonds is 9. The van der Waals surface area contributed by atoms with Crippen molar-refractivity contribution in [3.63, 3.8) is 0 Å². The summed E-state index contributed by atoms with van der Waals surface area (Å²) in [4.78, 5) is 18.6. The molecule has 9 heteroatoms. The van der Waals surface area contributed by atoms with Crippen LogP contribution in [-0.2, 0) is 0 Å². The summed E-state index contributed by atoms with van der Waals surface area (Å²) in [6.45, 7) is 4.11. The molecule has 1 aliphatic rings. The van der Waals surface area contributed by atoms with Crippen molar-refractivity contribution in [3.8, 4) is 17.2 Å². The quantitative estimate of drug-likeness (QED) is 0.483. The highest BCUT2D eigenvalue weighted by molar-refractivity contribution is 7.80. The van der Waals surface area contributed by atoms with Crippen LogP contribution in [-0.4, -0.2) is 43.3 Å². The zero-order valence-corrected chi connectivity index (χ0v) is 21.5. The van der Waals surface area contributed by atoms with Crippen LogP contribution in [0.5, 0.6) is 17.2 Å². The highest BCUT2D eigenvalue weighted by Crippen LogP contribution is 2.38. The topological polar surface area (TPSA) is 81.7 Å². The molecule has 1 atom stereocenters. The van der Waals surface area contributed by atoms with E-state index in [1.807, 2.05) is 5.38 Å². The summed E-state index contributed by atoms with van der Waals surface area (Å²) in [6.07, 6.45) is 6.08. The number of nitrogens with zero attached hydrogens (tertiary/aromatic N) is 1. The van der Waals surface area contributed by atoms with E-state index < -0.39 is 0 Å². The molecule has 0 spiro atoms. The van der Waals surface area contributed by atoms with Gasteiger partial charge in [0.15, 0.2) is 11.5 Å². The lowest BCUT2D eigenvalue weighted by atomic mass is 9.95. The van der Waals surface area contributed by atoms with Crippen LogP contribution in [0.3, 0.4) is 0 Å². The van der Waals surface area contributed by atoms with Crippen LogP contribution in [0.15, 0.2) is 17.5 Å². The lowest BCUT2D eigenvalue weighted by molar-refractivity contribution is 0.0924. The molecule has 1 heterocycles. The number of hydrogen-bond acceptors (Lipinski definition) is 7. The molecule has 1 fully saturated rings. The van der Waals surface area contributed by atoms with Crippen molar-refractivity contribution in [1.29, 1.82) is 0 Å². The maximum atomic E-state index is 13.1. The SMILES string of the molecule is COc1cc(C(=O)NC(c2nc(C(=S)NC3CCCCC3)cs2)C(C)C)cc(OC)c1OC. The molecule has 2 aromatic rings. The fraction of sp³-hybridized carbons (Fsp3) is 0.542. The number of nitrogens with one attached hydrogen (secondary N) is 2. The third-order valence-corrected chi connectivity index (χ3v) is 7.10. The minimum atomic E-state index is -0.257. The van der Waals surface area contributed by atoms with Crippen molar-refractivity contribution in [3.05, 3.63) is 33.8 Å². The van der Waals surface area contributed by atoms with Gasteiger partial charge in [0.2, 0.25) is 5.75 Å². The van der Waals surface area contributed by atoms with Gasteiger partial charge in [-0.05, 0) is 30.9 Å². The normalized spacial score (nSPS) is 15.1. The number of carbonyl (C=O) groups is 1. The molecular formula is C24H33N3O4S2. The molecule has 0 aliphatic heterocycles. The van der Waals surface area contributed by atoms with Crippen LogP contribution in [0.4, 0.5) is 0 Å². The van der Waals surface area contributed by atoms with Crippen molar-refractivity contribution in [2.75, 3.05) is 21.3 Å². The van der Waals surface area contributed by atoms with Gasteiger partial charge in [-0.3, -0.25) is 4.79 Å². The monoisotopic (exact) mass is 491 g/mol. The number of amides is 1. The third-order valence-electron chi connectivity index (χ3n) is 5.84. The van der Waals surface area contributed by atoms with Crippen molar-refractivity contribution >= 4 is 34.5 Å². The van der Waals surface area contributed by atoms with Crippen molar-refractivity contribution in [2.45, 2.75) is 58.0 Å². The fourth-order valence-corrected chi connectivity index (χ4v) is 5.37. The molecule has 1 unspecified atom stereocenters. The molecule has 0 saturated heterocycles. The van der Waals surface area contributed by atoms with Crippen molar-refractivity contribution < 1.29 is 19.0 Å². The number of aromatic nitrogens is 1. The number of hydrogen-bond donors (Lipinski definition) is 2. The number of carbonyl (C=O) groups excluding carboxylic acids is 1. The Kier molecular flexibility index (Phi) is 8.91. The molecule has 1 saturated carbocycles. The van der Waals surface area contributed by atoms with E-state index in [9.17, 15) is 4.79 Å². The number of thiocarbonyl (C=S) groups is 1. The van der Waals surface area contributed by atoms with Gasteiger partial charge in [-0.2, -0.15) is 0 Å². The number of ether oxygens (including phenoxy) is 3. The first-order valence-electron chi connectivity index (χ1n) is 11.2. The number of thiazole rings is 1. The van der Waals surface area contributed by atoms with E-state index in [1.165, 1.54) is 51.9 Å². The van der Waals surface area contributed by atoms with E-state index in [-0.39, 0.29) is 17.9 Å². The van der Waals surface area contributed by atoms with E-state index in [0.29, 0.717) is 33.8 Å².